The summed E-state index contributed by atoms with van der Waals surface area (Å²) in [4.78, 5) is 0. The predicted octanol–water partition coefficient (Wildman–Crippen LogP) is 3.61. The molecule has 18 heavy (non-hydrogen) atoms. The molecule has 0 heterocycles. The van der Waals surface area contributed by atoms with Crippen molar-refractivity contribution in [1.29, 1.82) is 0 Å². The minimum absolute atomic E-state index is 0.0351. The smallest absolute Gasteiger partial charge is 0.0778 e. The zero-order valence-electron chi connectivity index (χ0n) is 12.7. The Balaban J connectivity index is 1.93. The first-order valence-corrected chi connectivity index (χ1v) is 7.94. The molecule has 106 valence electrons. The van der Waals surface area contributed by atoms with Crippen LogP contribution in [0.3, 0.4) is 0 Å². The van der Waals surface area contributed by atoms with Crippen LogP contribution in [0.25, 0.3) is 0 Å². The van der Waals surface area contributed by atoms with Crippen molar-refractivity contribution in [2.45, 2.75) is 71.4 Å². The third kappa shape index (κ3) is 3.08. The molecule has 0 saturated heterocycles. The van der Waals surface area contributed by atoms with Crippen LogP contribution in [0.5, 0.6) is 0 Å². The maximum Gasteiger partial charge on any atom is 0.0778 e. The maximum absolute atomic E-state index is 5.97. The maximum atomic E-state index is 5.97. The van der Waals surface area contributed by atoms with Crippen molar-refractivity contribution in [2.75, 3.05) is 13.2 Å². The quantitative estimate of drug-likeness (QED) is 0.748. The molecule has 2 fully saturated rings. The topological polar surface area (TPSA) is 21.3 Å². The molecule has 2 bridgehead atoms. The molecule has 2 aliphatic carbocycles. The van der Waals surface area contributed by atoms with E-state index in [1.54, 1.807) is 0 Å². The first kappa shape index (κ1) is 14.3. The Morgan fingerprint density at radius 2 is 2.00 bits per heavy atom. The van der Waals surface area contributed by atoms with E-state index in [0.717, 1.165) is 30.9 Å². The zero-order chi connectivity index (χ0) is 13.2. The van der Waals surface area contributed by atoms with Crippen molar-refractivity contribution in [2.24, 2.45) is 17.8 Å². The van der Waals surface area contributed by atoms with Crippen molar-refractivity contribution in [3.05, 3.63) is 0 Å². The average Bonchev–Trinajstić information content (AvgIpc) is 2.90. The van der Waals surface area contributed by atoms with E-state index >= 15 is 0 Å². The monoisotopic (exact) mass is 253 g/mol. The van der Waals surface area contributed by atoms with Crippen molar-refractivity contribution in [3.63, 3.8) is 0 Å². The molecular weight excluding hydrogens is 222 g/mol. The molecule has 0 aliphatic heterocycles. The molecule has 0 radical (unpaired) electrons. The molecule has 2 aliphatic rings. The van der Waals surface area contributed by atoms with Gasteiger partial charge < -0.3 is 10.1 Å². The van der Waals surface area contributed by atoms with Gasteiger partial charge in [0, 0.05) is 12.6 Å². The van der Waals surface area contributed by atoms with Crippen LogP contribution in [0.2, 0.25) is 0 Å². The molecular formula is C16H31NO. The summed E-state index contributed by atoms with van der Waals surface area (Å²) in [5.74, 6) is 3.03. The van der Waals surface area contributed by atoms with E-state index in [2.05, 4.69) is 33.0 Å². The van der Waals surface area contributed by atoms with Gasteiger partial charge in [0.15, 0.2) is 0 Å². The normalized spacial score (nSPS) is 33.0. The lowest BCUT2D eigenvalue weighted by atomic mass is 9.80. The summed E-state index contributed by atoms with van der Waals surface area (Å²) >= 11 is 0. The van der Waals surface area contributed by atoms with Crippen LogP contribution in [0.15, 0.2) is 0 Å². The van der Waals surface area contributed by atoms with Gasteiger partial charge >= 0.3 is 0 Å². The van der Waals surface area contributed by atoms with Gasteiger partial charge in [0.25, 0.3) is 0 Å². The average molecular weight is 253 g/mol. The van der Waals surface area contributed by atoms with E-state index < -0.39 is 0 Å². The van der Waals surface area contributed by atoms with Gasteiger partial charge in [0.1, 0.15) is 0 Å². The van der Waals surface area contributed by atoms with Crippen LogP contribution in [0, 0.1) is 17.8 Å². The van der Waals surface area contributed by atoms with Crippen molar-refractivity contribution in [3.8, 4) is 0 Å². The van der Waals surface area contributed by atoms with Gasteiger partial charge in [-0.25, -0.2) is 0 Å². The molecule has 0 aromatic heterocycles. The van der Waals surface area contributed by atoms with Crippen molar-refractivity contribution >= 4 is 0 Å². The fraction of sp³-hybridized carbons (Fsp3) is 1.00. The van der Waals surface area contributed by atoms with Gasteiger partial charge in [0.05, 0.1) is 5.60 Å². The number of likely N-dealkylation sites (N-methyl/N-ethyl adjacent to an activating group) is 1. The van der Waals surface area contributed by atoms with Crippen LogP contribution in [0.1, 0.15) is 59.8 Å². The van der Waals surface area contributed by atoms with Gasteiger partial charge in [-0.05, 0) is 70.8 Å². The Bertz CT molecular complexity index is 264. The lowest BCUT2D eigenvalue weighted by molar-refractivity contribution is -0.0450. The summed E-state index contributed by atoms with van der Waals surface area (Å²) in [6.45, 7) is 10.7. The van der Waals surface area contributed by atoms with Gasteiger partial charge in [-0.1, -0.05) is 13.3 Å². The molecule has 2 rings (SSSR count). The fourth-order valence-corrected chi connectivity index (χ4v) is 4.30. The molecule has 0 amide bonds. The minimum atomic E-state index is -0.0351. The Morgan fingerprint density at radius 3 is 2.50 bits per heavy atom. The Morgan fingerprint density at radius 1 is 1.22 bits per heavy atom. The third-order valence-electron chi connectivity index (χ3n) is 5.23. The summed E-state index contributed by atoms with van der Waals surface area (Å²) < 4.78 is 5.97. The summed E-state index contributed by atoms with van der Waals surface area (Å²) in [6.07, 6.45) is 7.29. The number of rotatable bonds is 7. The highest BCUT2D eigenvalue weighted by molar-refractivity contribution is 4.95. The fourth-order valence-electron chi connectivity index (χ4n) is 4.30. The second kappa shape index (κ2) is 5.92. The number of hydrogen-bond donors (Lipinski definition) is 1. The molecule has 2 saturated carbocycles. The lowest BCUT2D eigenvalue weighted by Gasteiger charge is -2.38. The van der Waals surface area contributed by atoms with Crippen LogP contribution >= 0.6 is 0 Å². The van der Waals surface area contributed by atoms with Gasteiger partial charge in [-0.2, -0.15) is 0 Å². The van der Waals surface area contributed by atoms with E-state index in [1.165, 1.54) is 32.1 Å². The highest BCUT2D eigenvalue weighted by Gasteiger charge is 2.42. The van der Waals surface area contributed by atoms with Crippen LogP contribution in [0.4, 0.5) is 0 Å². The molecule has 2 heteroatoms. The summed E-state index contributed by atoms with van der Waals surface area (Å²) in [5.41, 5.74) is -0.0351. The highest BCUT2D eigenvalue weighted by atomic mass is 16.5. The molecule has 4 atom stereocenters. The first-order valence-electron chi connectivity index (χ1n) is 7.94. The highest BCUT2D eigenvalue weighted by Crippen LogP contribution is 2.50. The molecule has 0 spiro atoms. The van der Waals surface area contributed by atoms with Gasteiger partial charge in [-0.15, -0.1) is 0 Å². The molecule has 2 nitrogen and oxygen atoms in total. The first-order chi connectivity index (χ1) is 8.56. The Kier molecular flexibility index (Phi) is 4.71. The summed E-state index contributed by atoms with van der Waals surface area (Å²) in [5, 5.41) is 3.67. The predicted molar refractivity (Wildman–Crippen MR) is 76.7 cm³/mol. The Labute approximate surface area is 113 Å². The SMILES string of the molecule is CCNC(CC1CC2CCC1C2)C(C)(C)OCC. The van der Waals surface area contributed by atoms with Crippen molar-refractivity contribution in [1.82, 2.24) is 5.32 Å². The van der Waals surface area contributed by atoms with E-state index in [0.29, 0.717) is 6.04 Å². The summed E-state index contributed by atoms with van der Waals surface area (Å²) in [7, 11) is 0. The standard InChI is InChI=1S/C16H31NO/c1-5-17-15(16(3,4)18-6-2)11-14-10-12-7-8-13(14)9-12/h12-15,17H,5-11H2,1-4H3. The number of ether oxygens (including phenoxy) is 1. The number of fused-ring (bicyclic) bond motifs is 2. The largest absolute Gasteiger partial charge is 0.374 e. The molecule has 0 aromatic rings. The van der Waals surface area contributed by atoms with E-state index in [4.69, 9.17) is 4.74 Å². The van der Waals surface area contributed by atoms with E-state index in [9.17, 15) is 0 Å². The number of nitrogens with one attached hydrogen (secondary N) is 1. The van der Waals surface area contributed by atoms with E-state index in [1.807, 2.05) is 0 Å². The van der Waals surface area contributed by atoms with Gasteiger partial charge in [-0.3, -0.25) is 0 Å². The zero-order valence-corrected chi connectivity index (χ0v) is 12.7. The Hall–Kier alpha value is -0.0800. The second-order valence-corrected chi connectivity index (χ2v) is 6.82. The summed E-state index contributed by atoms with van der Waals surface area (Å²) in [6, 6.07) is 0.506. The van der Waals surface area contributed by atoms with Crippen LogP contribution in [-0.2, 0) is 4.74 Å². The molecule has 0 aromatic carbocycles. The van der Waals surface area contributed by atoms with Crippen LogP contribution < -0.4 is 5.32 Å². The second-order valence-electron chi connectivity index (χ2n) is 6.82. The van der Waals surface area contributed by atoms with Gasteiger partial charge in [0.2, 0.25) is 0 Å². The molecule has 1 N–H and O–H groups in total. The number of hydrogen-bond acceptors (Lipinski definition) is 2. The van der Waals surface area contributed by atoms with Crippen LogP contribution in [-0.4, -0.2) is 24.8 Å². The van der Waals surface area contributed by atoms with E-state index in [-0.39, 0.29) is 5.60 Å². The third-order valence-corrected chi connectivity index (χ3v) is 5.23. The minimum Gasteiger partial charge on any atom is -0.374 e. The molecule has 4 unspecified atom stereocenters. The van der Waals surface area contributed by atoms with Crippen molar-refractivity contribution < 1.29 is 4.74 Å². The lowest BCUT2D eigenvalue weighted by Crippen LogP contribution is -2.50.